The van der Waals surface area contributed by atoms with Crippen LogP contribution in [0.2, 0.25) is 0 Å². The molecule has 2 aromatic rings. The molecule has 1 aliphatic carbocycles. The monoisotopic (exact) mass is 366 g/mol. The van der Waals surface area contributed by atoms with Gasteiger partial charge in [0.2, 0.25) is 5.60 Å². The van der Waals surface area contributed by atoms with E-state index < -0.39 is 11.6 Å². The third-order valence-electron chi connectivity index (χ3n) is 6.25. The minimum Gasteiger partial charge on any atom is -0.463 e. The lowest BCUT2D eigenvalue weighted by molar-refractivity contribution is -0.883. The Labute approximate surface area is 161 Å². The normalized spacial score (nSPS) is 27.5. The van der Waals surface area contributed by atoms with Crippen LogP contribution in [0.5, 0.6) is 0 Å². The van der Waals surface area contributed by atoms with Crippen LogP contribution < -0.4 is 0 Å². The Hall–Kier alpha value is -2.17. The van der Waals surface area contributed by atoms with Gasteiger partial charge in [0, 0.05) is 17.8 Å². The Balaban J connectivity index is 1.54. The number of hydrogen-bond acceptors (Lipinski definition) is 3. The first-order chi connectivity index (χ1) is 12.8. The molecule has 0 spiro atoms. The molecule has 1 heterocycles. The molecule has 1 N–H and O–H groups in total. The Kier molecular flexibility index (Phi) is 4.36. The second-order valence-electron chi connectivity index (χ2n) is 8.84. The number of esters is 1. The summed E-state index contributed by atoms with van der Waals surface area (Å²) in [6.45, 7) is 4.64. The lowest BCUT2D eigenvalue weighted by Crippen LogP contribution is -2.41. The maximum atomic E-state index is 13.1. The second-order valence-corrected chi connectivity index (χ2v) is 8.84. The van der Waals surface area contributed by atoms with E-state index in [1.807, 2.05) is 43.3 Å². The molecule has 2 fully saturated rings. The molecule has 0 radical (unpaired) electrons. The molecule has 2 aliphatic rings. The molecule has 4 heteroatoms. The van der Waals surface area contributed by atoms with Crippen molar-refractivity contribution >= 4 is 5.97 Å². The summed E-state index contributed by atoms with van der Waals surface area (Å²) in [5, 5.41) is 11.5. The highest BCUT2D eigenvalue weighted by Crippen LogP contribution is 2.53. The first-order valence-corrected chi connectivity index (χ1v) is 9.65. The Bertz CT molecular complexity index is 834. The summed E-state index contributed by atoms with van der Waals surface area (Å²) in [4.78, 5) is 13.1. The number of fused-ring (bicyclic) bond motifs is 1. The van der Waals surface area contributed by atoms with Gasteiger partial charge in [0.05, 0.1) is 33.8 Å². The van der Waals surface area contributed by atoms with Crippen LogP contribution in [0.4, 0.5) is 0 Å². The molecule has 142 valence electrons. The maximum Gasteiger partial charge on any atom is 0.347 e. The van der Waals surface area contributed by atoms with Crippen molar-refractivity contribution in [2.75, 3.05) is 33.8 Å². The number of piperidine rings is 1. The molecule has 0 bridgehead atoms. The topological polar surface area (TPSA) is 46.5 Å². The number of carbonyl (C=O) groups is 1. The highest BCUT2D eigenvalue weighted by atomic mass is 16.5. The molecule has 27 heavy (non-hydrogen) atoms. The summed E-state index contributed by atoms with van der Waals surface area (Å²) < 4.78 is 6.74. The fourth-order valence-electron chi connectivity index (χ4n) is 4.76. The fourth-order valence-corrected chi connectivity index (χ4v) is 4.76. The van der Waals surface area contributed by atoms with Gasteiger partial charge >= 0.3 is 5.97 Å². The van der Waals surface area contributed by atoms with Crippen molar-refractivity contribution in [2.24, 2.45) is 17.8 Å². The van der Waals surface area contributed by atoms with Crippen LogP contribution in [-0.2, 0) is 15.1 Å². The SMILES string of the molecule is Cc1cccc(C(O)(C(=O)OCC2C3C[N+](C)(C)CC23)c2ccccc2)c1. The molecule has 0 aromatic heterocycles. The van der Waals surface area contributed by atoms with E-state index in [0.717, 1.165) is 23.1 Å². The molecule has 3 atom stereocenters. The summed E-state index contributed by atoms with van der Waals surface area (Å²) in [7, 11) is 4.50. The fraction of sp³-hybridized carbons (Fsp3) is 0.435. The Morgan fingerprint density at radius 3 is 2.33 bits per heavy atom. The molecule has 1 saturated heterocycles. The lowest BCUT2D eigenvalue weighted by atomic mass is 9.85. The van der Waals surface area contributed by atoms with Crippen LogP contribution >= 0.6 is 0 Å². The predicted molar refractivity (Wildman–Crippen MR) is 104 cm³/mol. The zero-order valence-corrected chi connectivity index (χ0v) is 16.3. The molecular formula is C23H28NO3+. The number of likely N-dealkylation sites (tertiary alicyclic amines) is 1. The van der Waals surface area contributed by atoms with Gasteiger partial charge < -0.3 is 14.3 Å². The highest BCUT2D eigenvalue weighted by molar-refractivity contribution is 5.85. The molecular weight excluding hydrogens is 338 g/mol. The van der Waals surface area contributed by atoms with E-state index in [-0.39, 0.29) is 0 Å². The van der Waals surface area contributed by atoms with Crippen LogP contribution in [0.1, 0.15) is 16.7 Å². The van der Waals surface area contributed by atoms with Crippen molar-refractivity contribution in [1.82, 2.24) is 0 Å². The minimum absolute atomic E-state index is 0.398. The zero-order chi connectivity index (χ0) is 19.2. The van der Waals surface area contributed by atoms with Gasteiger partial charge in [0.15, 0.2) is 0 Å². The standard InChI is InChI=1S/C23H28NO3/c1-16-8-7-11-18(12-16)23(26,17-9-5-4-6-10-17)22(25)27-15-21-19-13-24(2,3)14-20(19)21/h4-12,19-21,26H,13-15H2,1-3H3/q+1. The third kappa shape index (κ3) is 3.28. The smallest absolute Gasteiger partial charge is 0.347 e. The van der Waals surface area contributed by atoms with Gasteiger partial charge in [-0.1, -0.05) is 60.2 Å². The van der Waals surface area contributed by atoms with Crippen LogP contribution in [-0.4, -0.2) is 49.4 Å². The Morgan fingerprint density at radius 1 is 1.07 bits per heavy atom. The number of ether oxygens (including phenoxy) is 1. The first-order valence-electron chi connectivity index (χ1n) is 9.65. The molecule has 2 aromatic carbocycles. The minimum atomic E-state index is -1.79. The van der Waals surface area contributed by atoms with E-state index in [4.69, 9.17) is 4.74 Å². The van der Waals surface area contributed by atoms with Crippen LogP contribution in [0.25, 0.3) is 0 Å². The van der Waals surface area contributed by atoms with Crippen LogP contribution in [0.3, 0.4) is 0 Å². The van der Waals surface area contributed by atoms with Crippen molar-refractivity contribution in [2.45, 2.75) is 12.5 Å². The largest absolute Gasteiger partial charge is 0.463 e. The van der Waals surface area contributed by atoms with E-state index in [2.05, 4.69) is 14.1 Å². The van der Waals surface area contributed by atoms with E-state index in [1.54, 1.807) is 18.2 Å². The van der Waals surface area contributed by atoms with Gasteiger partial charge in [-0.15, -0.1) is 0 Å². The number of benzene rings is 2. The van der Waals surface area contributed by atoms with E-state index in [9.17, 15) is 9.90 Å². The predicted octanol–water partition coefficient (Wildman–Crippen LogP) is 2.73. The van der Waals surface area contributed by atoms with Crippen molar-refractivity contribution in [3.05, 3.63) is 71.3 Å². The quantitative estimate of drug-likeness (QED) is 0.654. The Morgan fingerprint density at radius 2 is 1.70 bits per heavy atom. The first kappa shape index (κ1) is 18.2. The number of quaternary nitrogens is 1. The van der Waals surface area contributed by atoms with Gasteiger partial charge in [-0.25, -0.2) is 4.79 Å². The number of nitrogens with zero attached hydrogens (tertiary/aromatic N) is 1. The number of aryl methyl sites for hydroxylation is 1. The molecule has 1 aliphatic heterocycles. The van der Waals surface area contributed by atoms with Gasteiger partial charge in [-0.3, -0.25) is 0 Å². The average molecular weight is 366 g/mol. The van der Waals surface area contributed by atoms with Crippen molar-refractivity contribution in [3.63, 3.8) is 0 Å². The summed E-state index contributed by atoms with van der Waals surface area (Å²) in [5.41, 5.74) is 0.292. The van der Waals surface area contributed by atoms with Gasteiger partial charge in [0.25, 0.3) is 0 Å². The number of carbonyl (C=O) groups excluding carboxylic acids is 1. The van der Waals surface area contributed by atoms with Crippen LogP contribution in [0.15, 0.2) is 54.6 Å². The van der Waals surface area contributed by atoms with Gasteiger partial charge in [0.1, 0.15) is 0 Å². The van der Waals surface area contributed by atoms with E-state index in [0.29, 0.717) is 35.5 Å². The van der Waals surface area contributed by atoms with Crippen molar-refractivity contribution < 1.29 is 19.1 Å². The summed E-state index contributed by atoms with van der Waals surface area (Å²) in [5.74, 6) is 1.16. The maximum absolute atomic E-state index is 13.1. The van der Waals surface area contributed by atoms with E-state index in [1.165, 1.54) is 0 Å². The molecule has 0 amide bonds. The molecule has 1 saturated carbocycles. The van der Waals surface area contributed by atoms with Gasteiger partial charge in [-0.2, -0.15) is 0 Å². The number of hydrogen-bond donors (Lipinski definition) is 1. The third-order valence-corrected chi connectivity index (χ3v) is 6.25. The van der Waals surface area contributed by atoms with Crippen molar-refractivity contribution in [1.29, 1.82) is 0 Å². The summed E-state index contributed by atoms with van der Waals surface area (Å²) in [6.07, 6.45) is 0. The molecule has 4 rings (SSSR count). The molecule has 4 nitrogen and oxygen atoms in total. The summed E-state index contributed by atoms with van der Waals surface area (Å²) >= 11 is 0. The van der Waals surface area contributed by atoms with Gasteiger partial charge in [-0.05, 0) is 18.1 Å². The number of rotatable bonds is 5. The number of aliphatic hydroxyl groups is 1. The zero-order valence-electron chi connectivity index (χ0n) is 16.3. The average Bonchev–Trinajstić information content (AvgIpc) is 3.14. The highest BCUT2D eigenvalue weighted by Gasteiger charge is 2.61. The lowest BCUT2D eigenvalue weighted by Gasteiger charge is -2.28. The van der Waals surface area contributed by atoms with E-state index >= 15 is 0 Å². The summed E-state index contributed by atoms with van der Waals surface area (Å²) in [6, 6.07) is 16.5. The van der Waals surface area contributed by atoms with Crippen molar-refractivity contribution in [3.8, 4) is 0 Å². The second kappa shape index (κ2) is 6.47. The molecule has 3 unspecified atom stereocenters. The van der Waals surface area contributed by atoms with Crippen LogP contribution in [0, 0.1) is 24.7 Å².